The molecule has 1 atom stereocenters. The van der Waals surface area contributed by atoms with Gasteiger partial charge in [0.25, 0.3) is 0 Å². The smallest absolute Gasteiger partial charge is 0.302 e. The van der Waals surface area contributed by atoms with Gasteiger partial charge in [0.1, 0.15) is 0 Å². The van der Waals surface area contributed by atoms with Crippen molar-refractivity contribution in [1.82, 2.24) is 0 Å². The fraction of sp³-hybridized carbons (Fsp3) is 0.278. The highest BCUT2D eigenvalue weighted by molar-refractivity contribution is 5.67. The summed E-state index contributed by atoms with van der Waals surface area (Å²) in [5.74, 6) is -0.214. The van der Waals surface area contributed by atoms with Crippen LogP contribution in [-0.2, 0) is 16.0 Å². The predicted molar refractivity (Wildman–Crippen MR) is 81.4 cm³/mol. The lowest BCUT2D eigenvalue weighted by atomic mass is 9.96. The minimum atomic E-state index is -0.214. The van der Waals surface area contributed by atoms with Crippen LogP contribution < -0.4 is 0 Å². The van der Waals surface area contributed by atoms with E-state index in [1.165, 1.54) is 23.6 Å². The minimum Gasteiger partial charge on any atom is -0.463 e. The first kappa shape index (κ1) is 14.3. The van der Waals surface area contributed by atoms with Gasteiger partial charge >= 0.3 is 5.97 Å². The zero-order valence-corrected chi connectivity index (χ0v) is 12.0. The molecule has 0 aliphatic heterocycles. The largest absolute Gasteiger partial charge is 0.463 e. The number of carbonyl (C=O) groups excluding carboxylic acids is 1. The van der Waals surface area contributed by atoms with Crippen LogP contribution >= 0.6 is 0 Å². The first-order chi connectivity index (χ1) is 9.66. The van der Waals surface area contributed by atoms with E-state index < -0.39 is 0 Å². The highest BCUT2D eigenvalue weighted by Gasteiger charge is 2.09. The topological polar surface area (TPSA) is 26.3 Å². The Morgan fingerprint density at radius 3 is 2.40 bits per heavy atom. The summed E-state index contributed by atoms with van der Waals surface area (Å²) >= 11 is 0. The minimum absolute atomic E-state index is 0.0451. The summed E-state index contributed by atoms with van der Waals surface area (Å²) in [6.07, 6.45) is 1.69. The van der Waals surface area contributed by atoms with Crippen LogP contribution in [0.25, 0.3) is 11.1 Å². The van der Waals surface area contributed by atoms with Gasteiger partial charge in [0, 0.05) is 6.92 Å². The molecular formula is C18H20O2. The highest BCUT2D eigenvalue weighted by Crippen LogP contribution is 2.24. The molecule has 0 amide bonds. The van der Waals surface area contributed by atoms with Crippen LogP contribution in [0.4, 0.5) is 0 Å². The Morgan fingerprint density at radius 1 is 1.05 bits per heavy atom. The number of ether oxygens (including phenoxy) is 1. The van der Waals surface area contributed by atoms with E-state index in [-0.39, 0.29) is 12.1 Å². The van der Waals surface area contributed by atoms with Gasteiger partial charge in [-0.2, -0.15) is 0 Å². The standard InChI is InChI=1S/C18H20O2/c1-14(20-15(2)19)12-13-17-10-6-7-11-18(17)16-8-4-3-5-9-16/h3-11,14H,12-13H2,1-2H3. The van der Waals surface area contributed by atoms with Crippen LogP contribution in [0.1, 0.15) is 25.8 Å². The van der Waals surface area contributed by atoms with Crippen molar-refractivity contribution in [1.29, 1.82) is 0 Å². The zero-order valence-electron chi connectivity index (χ0n) is 12.0. The number of benzene rings is 2. The van der Waals surface area contributed by atoms with Crippen LogP contribution in [0.2, 0.25) is 0 Å². The molecule has 20 heavy (non-hydrogen) atoms. The molecule has 104 valence electrons. The molecule has 2 heteroatoms. The first-order valence-electron chi connectivity index (χ1n) is 6.97. The van der Waals surface area contributed by atoms with Crippen molar-refractivity contribution < 1.29 is 9.53 Å². The number of aryl methyl sites for hydroxylation is 1. The van der Waals surface area contributed by atoms with Gasteiger partial charge in [-0.05, 0) is 36.5 Å². The van der Waals surface area contributed by atoms with E-state index in [1.807, 2.05) is 25.1 Å². The second kappa shape index (κ2) is 6.90. The van der Waals surface area contributed by atoms with Gasteiger partial charge in [-0.3, -0.25) is 4.79 Å². The molecule has 2 rings (SSSR count). The third-order valence-corrected chi connectivity index (χ3v) is 3.29. The van der Waals surface area contributed by atoms with E-state index in [0.717, 1.165) is 12.8 Å². The van der Waals surface area contributed by atoms with Gasteiger partial charge in [-0.15, -0.1) is 0 Å². The molecule has 0 aromatic heterocycles. The Kier molecular flexibility index (Phi) is 4.94. The lowest BCUT2D eigenvalue weighted by molar-refractivity contribution is -0.145. The molecular weight excluding hydrogens is 248 g/mol. The maximum atomic E-state index is 10.9. The van der Waals surface area contributed by atoms with Crippen molar-refractivity contribution in [2.45, 2.75) is 32.8 Å². The zero-order chi connectivity index (χ0) is 14.4. The molecule has 0 saturated heterocycles. The fourth-order valence-corrected chi connectivity index (χ4v) is 2.34. The average Bonchev–Trinajstić information content (AvgIpc) is 2.46. The normalized spacial score (nSPS) is 11.9. The van der Waals surface area contributed by atoms with Crippen LogP contribution in [-0.4, -0.2) is 12.1 Å². The Hall–Kier alpha value is -2.09. The molecule has 2 aromatic rings. The van der Waals surface area contributed by atoms with Gasteiger partial charge in [0.05, 0.1) is 6.10 Å². The fourth-order valence-electron chi connectivity index (χ4n) is 2.34. The first-order valence-corrected chi connectivity index (χ1v) is 6.97. The number of rotatable bonds is 5. The maximum absolute atomic E-state index is 10.9. The molecule has 0 N–H and O–H groups in total. The highest BCUT2D eigenvalue weighted by atomic mass is 16.5. The number of carbonyl (C=O) groups is 1. The van der Waals surface area contributed by atoms with Crippen molar-refractivity contribution in [3.63, 3.8) is 0 Å². The predicted octanol–water partition coefficient (Wildman–Crippen LogP) is 4.24. The molecule has 2 nitrogen and oxygen atoms in total. The monoisotopic (exact) mass is 268 g/mol. The Bertz CT molecular complexity index is 561. The van der Waals surface area contributed by atoms with Crippen molar-refractivity contribution in [2.24, 2.45) is 0 Å². The summed E-state index contributed by atoms with van der Waals surface area (Å²) in [6.45, 7) is 3.39. The molecule has 2 aromatic carbocycles. The van der Waals surface area contributed by atoms with Crippen LogP contribution in [0.15, 0.2) is 54.6 Å². The van der Waals surface area contributed by atoms with Crippen molar-refractivity contribution >= 4 is 5.97 Å². The van der Waals surface area contributed by atoms with Crippen LogP contribution in [0.5, 0.6) is 0 Å². The second-order valence-electron chi connectivity index (χ2n) is 4.98. The third-order valence-electron chi connectivity index (χ3n) is 3.29. The van der Waals surface area contributed by atoms with Gasteiger partial charge in [0.2, 0.25) is 0 Å². The molecule has 1 unspecified atom stereocenters. The molecule has 0 aliphatic carbocycles. The van der Waals surface area contributed by atoms with Gasteiger partial charge < -0.3 is 4.74 Å². The van der Waals surface area contributed by atoms with E-state index in [2.05, 4.69) is 36.4 Å². The lowest BCUT2D eigenvalue weighted by Gasteiger charge is -2.14. The van der Waals surface area contributed by atoms with Crippen LogP contribution in [0.3, 0.4) is 0 Å². The number of esters is 1. The molecule has 0 radical (unpaired) electrons. The summed E-state index contributed by atoms with van der Waals surface area (Å²) in [5, 5.41) is 0. The maximum Gasteiger partial charge on any atom is 0.302 e. The summed E-state index contributed by atoms with van der Waals surface area (Å²) in [4.78, 5) is 10.9. The van der Waals surface area contributed by atoms with E-state index in [0.29, 0.717) is 0 Å². The molecule has 0 heterocycles. The lowest BCUT2D eigenvalue weighted by Crippen LogP contribution is -2.13. The molecule has 0 aliphatic rings. The van der Waals surface area contributed by atoms with E-state index in [1.54, 1.807) is 0 Å². The van der Waals surface area contributed by atoms with Gasteiger partial charge in [-0.1, -0.05) is 54.6 Å². The Balaban J connectivity index is 2.11. The van der Waals surface area contributed by atoms with E-state index in [4.69, 9.17) is 4.74 Å². The summed E-state index contributed by atoms with van der Waals surface area (Å²) in [5.41, 5.74) is 3.77. The third kappa shape index (κ3) is 3.95. The summed E-state index contributed by atoms with van der Waals surface area (Å²) in [7, 11) is 0. The van der Waals surface area contributed by atoms with Gasteiger partial charge in [0.15, 0.2) is 0 Å². The quantitative estimate of drug-likeness (QED) is 0.758. The number of hydrogen-bond acceptors (Lipinski definition) is 2. The van der Waals surface area contributed by atoms with Crippen molar-refractivity contribution in [3.8, 4) is 11.1 Å². The average molecular weight is 268 g/mol. The number of hydrogen-bond donors (Lipinski definition) is 0. The van der Waals surface area contributed by atoms with Gasteiger partial charge in [-0.25, -0.2) is 0 Å². The van der Waals surface area contributed by atoms with E-state index in [9.17, 15) is 4.79 Å². The molecule has 0 spiro atoms. The summed E-state index contributed by atoms with van der Waals surface area (Å²) < 4.78 is 5.18. The van der Waals surface area contributed by atoms with Crippen LogP contribution in [0, 0.1) is 0 Å². The van der Waals surface area contributed by atoms with Crippen molar-refractivity contribution in [2.75, 3.05) is 0 Å². The summed E-state index contributed by atoms with van der Waals surface area (Å²) in [6, 6.07) is 18.8. The molecule has 0 bridgehead atoms. The molecule has 0 saturated carbocycles. The van der Waals surface area contributed by atoms with E-state index >= 15 is 0 Å². The Labute approximate surface area is 120 Å². The second-order valence-corrected chi connectivity index (χ2v) is 4.98. The van der Waals surface area contributed by atoms with Crippen molar-refractivity contribution in [3.05, 3.63) is 60.2 Å². The SMILES string of the molecule is CC(=O)OC(C)CCc1ccccc1-c1ccccc1. The Morgan fingerprint density at radius 2 is 1.70 bits per heavy atom. The molecule has 0 fully saturated rings.